The first-order valence-corrected chi connectivity index (χ1v) is 9.25. The lowest BCUT2D eigenvalue weighted by Crippen LogP contribution is -2.34. The Kier molecular flexibility index (Phi) is 6.49. The molecule has 0 fully saturated rings. The number of benzene rings is 1. The molecule has 7 heteroatoms. The van der Waals surface area contributed by atoms with Gasteiger partial charge < -0.3 is 14.7 Å². The van der Waals surface area contributed by atoms with E-state index in [1.807, 2.05) is 26.2 Å². The molecule has 0 spiro atoms. The maximum atomic E-state index is 12.3. The fraction of sp³-hybridized carbons (Fsp3) is 0.333. The van der Waals surface area contributed by atoms with E-state index in [1.54, 1.807) is 12.4 Å². The van der Waals surface area contributed by atoms with Crippen LogP contribution in [0.15, 0.2) is 53.3 Å². The number of nitrogens with one attached hydrogen (secondary N) is 1. The highest BCUT2D eigenvalue weighted by Crippen LogP contribution is 2.18. The molecule has 0 unspecified atom stereocenters. The SMILES string of the molecule is Cc1ccc([C@H](CNC(=O)CCc2nc(-c3cccnc3)no2)N(C)C)cc1. The van der Waals surface area contributed by atoms with Crippen molar-refractivity contribution >= 4 is 5.91 Å². The van der Waals surface area contributed by atoms with E-state index in [0.717, 1.165) is 5.56 Å². The summed E-state index contributed by atoms with van der Waals surface area (Å²) in [6.45, 7) is 2.60. The number of hydrogen-bond acceptors (Lipinski definition) is 6. The number of amides is 1. The lowest BCUT2D eigenvalue weighted by molar-refractivity contribution is -0.121. The minimum absolute atomic E-state index is 0.0416. The third-order valence-corrected chi connectivity index (χ3v) is 4.53. The van der Waals surface area contributed by atoms with E-state index in [-0.39, 0.29) is 11.9 Å². The largest absolute Gasteiger partial charge is 0.354 e. The Balaban J connectivity index is 1.51. The predicted octanol–water partition coefficient (Wildman–Crippen LogP) is 2.79. The average molecular weight is 379 g/mol. The van der Waals surface area contributed by atoms with E-state index in [0.29, 0.717) is 31.1 Å². The molecule has 3 rings (SSSR count). The van der Waals surface area contributed by atoms with E-state index in [4.69, 9.17) is 4.52 Å². The Bertz CT molecular complexity index is 891. The molecule has 1 atom stereocenters. The minimum Gasteiger partial charge on any atom is -0.354 e. The second-order valence-corrected chi connectivity index (χ2v) is 6.95. The average Bonchev–Trinajstić information content (AvgIpc) is 3.17. The molecule has 0 bridgehead atoms. The number of carbonyl (C=O) groups is 1. The quantitative estimate of drug-likeness (QED) is 0.648. The van der Waals surface area contributed by atoms with Crippen LogP contribution in [0.2, 0.25) is 0 Å². The maximum Gasteiger partial charge on any atom is 0.227 e. The van der Waals surface area contributed by atoms with Crippen molar-refractivity contribution in [3.63, 3.8) is 0 Å². The monoisotopic (exact) mass is 379 g/mol. The third-order valence-electron chi connectivity index (χ3n) is 4.53. The second-order valence-electron chi connectivity index (χ2n) is 6.95. The van der Waals surface area contributed by atoms with E-state index in [2.05, 4.69) is 56.5 Å². The van der Waals surface area contributed by atoms with Gasteiger partial charge in [-0.3, -0.25) is 9.78 Å². The molecule has 28 heavy (non-hydrogen) atoms. The summed E-state index contributed by atoms with van der Waals surface area (Å²) < 4.78 is 5.24. The molecule has 3 aromatic rings. The predicted molar refractivity (Wildman–Crippen MR) is 106 cm³/mol. The number of likely N-dealkylation sites (N-methyl/N-ethyl adjacent to an activating group) is 1. The van der Waals surface area contributed by atoms with Crippen molar-refractivity contribution in [3.8, 4) is 11.4 Å². The van der Waals surface area contributed by atoms with Gasteiger partial charge in [-0.1, -0.05) is 35.0 Å². The van der Waals surface area contributed by atoms with E-state index in [9.17, 15) is 4.79 Å². The number of rotatable bonds is 8. The number of aryl methyl sites for hydroxylation is 2. The summed E-state index contributed by atoms with van der Waals surface area (Å²) in [7, 11) is 4.02. The van der Waals surface area contributed by atoms with Gasteiger partial charge in [0.15, 0.2) is 0 Å². The first-order chi connectivity index (χ1) is 13.5. The van der Waals surface area contributed by atoms with Crippen LogP contribution >= 0.6 is 0 Å². The van der Waals surface area contributed by atoms with Gasteiger partial charge in [-0.15, -0.1) is 0 Å². The van der Waals surface area contributed by atoms with Crippen molar-refractivity contribution in [1.29, 1.82) is 0 Å². The van der Waals surface area contributed by atoms with Crippen LogP contribution in [-0.2, 0) is 11.2 Å². The van der Waals surface area contributed by atoms with Gasteiger partial charge in [0, 0.05) is 37.3 Å². The Labute approximate surface area is 164 Å². The van der Waals surface area contributed by atoms with Gasteiger partial charge in [-0.05, 0) is 38.7 Å². The van der Waals surface area contributed by atoms with Crippen molar-refractivity contribution in [2.75, 3.05) is 20.6 Å². The Morgan fingerprint density at radius 2 is 2.00 bits per heavy atom. The zero-order chi connectivity index (χ0) is 19.9. The number of hydrogen-bond donors (Lipinski definition) is 1. The fourth-order valence-electron chi connectivity index (χ4n) is 2.88. The highest BCUT2D eigenvalue weighted by Gasteiger charge is 2.16. The van der Waals surface area contributed by atoms with Crippen molar-refractivity contribution in [3.05, 3.63) is 65.8 Å². The van der Waals surface area contributed by atoms with Gasteiger partial charge in [0.05, 0.1) is 6.04 Å². The van der Waals surface area contributed by atoms with Crippen LogP contribution in [0.1, 0.15) is 29.5 Å². The lowest BCUT2D eigenvalue weighted by atomic mass is 10.0. The summed E-state index contributed by atoms with van der Waals surface area (Å²) in [5, 5.41) is 6.95. The summed E-state index contributed by atoms with van der Waals surface area (Å²) in [6.07, 6.45) is 4.05. The summed E-state index contributed by atoms with van der Waals surface area (Å²) in [4.78, 5) is 22.7. The van der Waals surface area contributed by atoms with Crippen LogP contribution in [0.25, 0.3) is 11.4 Å². The highest BCUT2D eigenvalue weighted by atomic mass is 16.5. The summed E-state index contributed by atoms with van der Waals surface area (Å²) >= 11 is 0. The van der Waals surface area contributed by atoms with Crippen LogP contribution in [0.3, 0.4) is 0 Å². The smallest absolute Gasteiger partial charge is 0.227 e. The molecule has 1 N–H and O–H groups in total. The van der Waals surface area contributed by atoms with Gasteiger partial charge >= 0.3 is 0 Å². The van der Waals surface area contributed by atoms with Gasteiger partial charge in [-0.2, -0.15) is 4.98 Å². The number of aromatic nitrogens is 3. The van der Waals surface area contributed by atoms with Crippen LogP contribution in [-0.4, -0.2) is 46.6 Å². The molecular weight excluding hydrogens is 354 g/mol. The van der Waals surface area contributed by atoms with Crippen molar-refractivity contribution in [1.82, 2.24) is 25.3 Å². The minimum atomic E-state index is -0.0416. The first kappa shape index (κ1) is 19.7. The fourth-order valence-corrected chi connectivity index (χ4v) is 2.88. The van der Waals surface area contributed by atoms with Crippen LogP contribution < -0.4 is 5.32 Å². The molecular formula is C21H25N5O2. The normalized spacial score (nSPS) is 12.1. The zero-order valence-corrected chi connectivity index (χ0v) is 16.4. The molecule has 0 aliphatic heterocycles. The van der Waals surface area contributed by atoms with Gasteiger partial charge in [0.1, 0.15) is 0 Å². The van der Waals surface area contributed by atoms with Crippen LogP contribution in [0.5, 0.6) is 0 Å². The molecule has 2 heterocycles. The van der Waals surface area contributed by atoms with Crippen molar-refractivity contribution in [2.45, 2.75) is 25.8 Å². The van der Waals surface area contributed by atoms with Gasteiger partial charge in [0.2, 0.25) is 17.6 Å². The molecule has 0 saturated heterocycles. The lowest BCUT2D eigenvalue weighted by Gasteiger charge is -2.25. The second kappa shape index (κ2) is 9.23. The van der Waals surface area contributed by atoms with Crippen molar-refractivity contribution < 1.29 is 9.32 Å². The molecule has 2 aromatic heterocycles. The van der Waals surface area contributed by atoms with Gasteiger partial charge in [0.25, 0.3) is 0 Å². The molecule has 0 aliphatic rings. The molecule has 1 amide bonds. The highest BCUT2D eigenvalue weighted by molar-refractivity contribution is 5.76. The summed E-state index contributed by atoms with van der Waals surface area (Å²) in [5.74, 6) is 0.882. The van der Waals surface area contributed by atoms with Crippen LogP contribution in [0, 0.1) is 6.92 Å². The zero-order valence-electron chi connectivity index (χ0n) is 16.4. The maximum absolute atomic E-state index is 12.3. The van der Waals surface area contributed by atoms with E-state index >= 15 is 0 Å². The van der Waals surface area contributed by atoms with Crippen LogP contribution in [0.4, 0.5) is 0 Å². The summed E-state index contributed by atoms with van der Waals surface area (Å²) in [5.41, 5.74) is 3.18. The third kappa shape index (κ3) is 5.23. The molecule has 1 aromatic carbocycles. The van der Waals surface area contributed by atoms with E-state index < -0.39 is 0 Å². The molecule has 0 radical (unpaired) electrons. The Morgan fingerprint density at radius 3 is 2.68 bits per heavy atom. The number of nitrogens with zero attached hydrogens (tertiary/aromatic N) is 4. The molecule has 0 saturated carbocycles. The topological polar surface area (TPSA) is 84.2 Å². The summed E-state index contributed by atoms with van der Waals surface area (Å²) in [6, 6.07) is 12.2. The first-order valence-electron chi connectivity index (χ1n) is 9.25. The Hall–Kier alpha value is -3.06. The standard InChI is InChI=1S/C21H25N5O2/c1-15-6-8-16(9-7-15)18(26(2)3)14-23-19(27)10-11-20-24-21(25-28-20)17-5-4-12-22-13-17/h4-9,12-13,18H,10-11,14H2,1-3H3,(H,23,27)/t18-/m0/s1. The number of carbonyl (C=O) groups excluding carboxylic acids is 1. The molecule has 146 valence electrons. The number of pyridine rings is 1. The molecule has 0 aliphatic carbocycles. The van der Waals surface area contributed by atoms with E-state index in [1.165, 1.54) is 11.1 Å². The molecule has 7 nitrogen and oxygen atoms in total. The van der Waals surface area contributed by atoms with Crippen molar-refractivity contribution in [2.24, 2.45) is 0 Å². The Morgan fingerprint density at radius 1 is 1.21 bits per heavy atom. The van der Waals surface area contributed by atoms with Gasteiger partial charge in [-0.25, -0.2) is 0 Å².